The van der Waals surface area contributed by atoms with Gasteiger partial charge in [-0.05, 0) is 55.3 Å². The molecule has 0 aliphatic heterocycles. The highest BCUT2D eigenvalue weighted by Gasteiger charge is 2.17. The van der Waals surface area contributed by atoms with Gasteiger partial charge in [0.1, 0.15) is 5.75 Å². The van der Waals surface area contributed by atoms with E-state index in [4.69, 9.17) is 4.74 Å². The van der Waals surface area contributed by atoms with Gasteiger partial charge in [-0.25, -0.2) is 0 Å². The summed E-state index contributed by atoms with van der Waals surface area (Å²) < 4.78 is 5.68. The van der Waals surface area contributed by atoms with Crippen molar-refractivity contribution in [2.45, 2.75) is 52.5 Å². The lowest BCUT2D eigenvalue weighted by atomic mass is 9.83. The molecule has 1 fully saturated rings. The SMILES string of the molecule is CCCOc1cccc(CNCC2CCC(C)CC2)c1. The Morgan fingerprint density at radius 3 is 2.75 bits per heavy atom. The van der Waals surface area contributed by atoms with Crippen LogP contribution in [0.3, 0.4) is 0 Å². The van der Waals surface area contributed by atoms with Gasteiger partial charge < -0.3 is 10.1 Å². The predicted molar refractivity (Wildman–Crippen MR) is 85.1 cm³/mol. The minimum absolute atomic E-state index is 0.803. The quantitative estimate of drug-likeness (QED) is 0.797. The molecule has 1 saturated carbocycles. The van der Waals surface area contributed by atoms with Crippen LogP contribution in [0.15, 0.2) is 24.3 Å². The van der Waals surface area contributed by atoms with Crippen LogP contribution < -0.4 is 10.1 Å². The lowest BCUT2D eigenvalue weighted by Gasteiger charge is -2.26. The van der Waals surface area contributed by atoms with Crippen molar-refractivity contribution in [3.63, 3.8) is 0 Å². The molecular weight excluding hydrogens is 246 g/mol. The number of hydrogen-bond acceptors (Lipinski definition) is 2. The van der Waals surface area contributed by atoms with Crippen LogP contribution in [0.1, 0.15) is 51.5 Å². The number of rotatable bonds is 7. The lowest BCUT2D eigenvalue weighted by molar-refractivity contribution is 0.281. The average Bonchev–Trinajstić information content (AvgIpc) is 2.48. The Kier molecular flexibility index (Phi) is 6.38. The number of hydrogen-bond donors (Lipinski definition) is 1. The molecule has 2 nitrogen and oxygen atoms in total. The summed E-state index contributed by atoms with van der Waals surface area (Å²) in [6.45, 7) is 7.43. The van der Waals surface area contributed by atoms with Crippen LogP contribution in [0.2, 0.25) is 0 Å². The molecule has 0 unspecified atom stereocenters. The molecule has 1 aliphatic carbocycles. The predicted octanol–water partition coefficient (Wildman–Crippen LogP) is 4.39. The van der Waals surface area contributed by atoms with Crippen molar-refractivity contribution in [1.82, 2.24) is 5.32 Å². The molecule has 0 spiro atoms. The van der Waals surface area contributed by atoms with E-state index in [1.54, 1.807) is 0 Å². The monoisotopic (exact) mass is 275 g/mol. The molecule has 1 aromatic rings. The molecule has 1 aromatic carbocycles. The molecule has 2 heteroatoms. The van der Waals surface area contributed by atoms with Gasteiger partial charge >= 0.3 is 0 Å². The Hall–Kier alpha value is -1.02. The van der Waals surface area contributed by atoms with Crippen LogP contribution in [-0.2, 0) is 6.54 Å². The molecule has 1 N–H and O–H groups in total. The topological polar surface area (TPSA) is 21.3 Å². The molecule has 0 bridgehead atoms. The zero-order valence-electron chi connectivity index (χ0n) is 13.0. The van der Waals surface area contributed by atoms with Crippen molar-refractivity contribution < 1.29 is 4.74 Å². The van der Waals surface area contributed by atoms with Crippen molar-refractivity contribution >= 4 is 0 Å². The van der Waals surface area contributed by atoms with Gasteiger partial charge in [0.05, 0.1) is 6.61 Å². The van der Waals surface area contributed by atoms with Crippen molar-refractivity contribution in [1.29, 1.82) is 0 Å². The first-order valence-corrected chi connectivity index (χ1v) is 8.20. The van der Waals surface area contributed by atoms with Gasteiger partial charge in [-0.1, -0.05) is 38.8 Å². The summed E-state index contributed by atoms with van der Waals surface area (Å²) in [6.07, 6.45) is 6.67. The zero-order chi connectivity index (χ0) is 14.2. The van der Waals surface area contributed by atoms with Crippen LogP contribution in [0, 0.1) is 11.8 Å². The van der Waals surface area contributed by atoms with Gasteiger partial charge in [-0.3, -0.25) is 0 Å². The van der Waals surface area contributed by atoms with Gasteiger partial charge in [0.15, 0.2) is 0 Å². The number of ether oxygens (including phenoxy) is 1. The standard InChI is InChI=1S/C18H29NO/c1-3-11-20-18-6-4-5-17(12-18)14-19-13-16-9-7-15(2)8-10-16/h4-6,12,15-16,19H,3,7-11,13-14H2,1-2H3. The fourth-order valence-electron chi connectivity index (χ4n) is 2.92. The van der Waals surface area contributed by atoms with Crippen molar-refractivity contribution in [3.8, 4) is 5.75 Å². The third-order valence-electron chi connectivity index (χ3n) is 4.27. The molecule has 0 radical (unpaired) electrons. The molecule has 112 valence electrons. The van der Waals surface area contributed by atoms with E-state index in [2.05, 4.69) is 37.4 Å². The molecular formula is C18H29NO. The Morgan fingerprint density at radius 2 is 2.00 bits per heavy atom. The molecule has 0 heterocycles. The molecule has 0 aromatic heterocycles. The third kappa shape index (κ3) is 5.16. The van der Waals surface area contributed by atoms with Gasteiger partial charge in [-0.2, -0.15) is 0 Å². The minimum atomic E-state index is 0.803. The molecule has 1 aliphatic rings. The van der Waals surface area contributed by atoms with E-state index in [0.29, 0.717) is 0 Å². The maximum atomic E-state index is 5.68. The van der Waals surface area contributed by atoms with E-state index in [1.165, 1.54) is 31.2 Å². The second kappa shape index (κ2) is 8.31. The highest BCUT2D eigenvalue weighted by molar-refractivity contribution is 5.28. The maximum Gasteiger partial charge on any atom is 0.119 e. The summed E-state index contributed by atoms with van der Waals surface area (Å²) in [7, 11) is 0. The Morgan fingerprint density at radius 1 is 1.20 bits per heavy atom. The second-order valence-electron chi connectivity index (χ2n) is 6.25. The zero-order valence-corrected chi connectivity index (χ0v) is 13.0. The fraction of sp³-hybridized carbons (Fsp3) is 0.667. The number of benzene rings is 1. The van der Waals surface area contributed by atoms with Gasteiger partial charge in [-0.15, -0.1) is 0 Å². The minimum Gasteiger partial charge on any atom is -0.494 e. The van der Waals surface area contributed by atoms with Crippen LogP contribution >= 0.6 is 0 Å². The first-order chi connectivity index (χ1) is 9.78. The molecule has 0 atom stereocenters. The van der Waals surface area contributed by atoms with Crippen molar-refractivity contribution in [3.05, 3.63) is 29.8 Å². The van der Waals surface area contributed by atoms with Crippen molar-refractivity contribution in [2.75, 3.05) is 13.2 Å². The second-order valence-corrected chi connectivity index (χ2v) is 6.25. The van der Waals surface area contributed by atoms with E-state index < -0.39 is 0 Å². The van der Waals surface area contributed by atoms with Crippen LogP contribution in [-0.4, -0.2) is 13.2 Å². The Balaban J connectivity index is 1.70. The summed E-state index contributed by atoms with van der Waals surface area (Å²) in [4.78, 5) is 0. The van der Waals surface area contributed by atoms with E-state index >= 15 is 0 Å². The molecule has 0 saturated heterocycles. The van der Waals surface area contributed by atoms with Crippen LogP contribution in [0.4, 0.5) is 0 Å². The van der Waals surface area contributed by atoms with Crippen LogP contribution in [0.5, 0.6) is 5.75 Å². The Labute approximate surface area is 123 Å². The summed E-state index contributed by atoms with van der Waals surface area (Å²) >= 11 is 0. The summed E-state index contributed by atoms with van der Waals surface area (Å²) in [6, 6.07) is 8.46. The van der Waals surface area contributed by atoms with E-state index in [0.717, 1.165) is 43.7 Å². The lowest BCUT2D eigenvalue weighted by Crippen LogP contribution is -2.25. The molecule has 0 amide bonds. The van der Waals surface area contributed by atoms with E-state index in [-0.39, 0.29) is 0 Å². The normalized spacial score (nSPS) is 22.7. The fourth-order valence-corrected chi connectivity index (χ4v) is 2.92. The molecule has 20 heavy (non-hydrogen) atoms. The highest BCUT2D eigenvalue weighted by atomic mass is 16.5. The number of nitrogens with one attached hydrogen (secondary N) is 1. The smallest absolute Gasteiger partial charge is 0.119 e. The Bertz CT molecular complexity index is 383. The third-order valence-corrected chi connectivity index (χ3v) is 4.27. The van der Waals surface area contributed by atoms with Gasteiger partial charge in [0.2, 0.25) is 0 Å². The van der Waals surface area contributed by atoms with E-state index in [1.807, 2.05) is 6.07 Å². The average molecular weight is 275 g/mol. The van der Waals surface area contributed by atoms with Gasteiger partial charge in [0.25, 0.3) is 0 Å². The summed E-state index contributed by atoms with van der Waals surface area (Å²) in [5.74, 6) is 2.82. The van der Waals surface area contributed by atoms with Gasteiger partial charge in [0, 0.05) is 6.54 Å². The summed E-state index contributed by atoms with van der Waals surface area (Å²) in [5.41, 5.74) is 1.32. The first kappa shape index (κ1) is 15.4. The van der Waals surface area contributed by atoms with E-state index in [9.17, 15) is 0 Å². The van der Waals surface area contributed by atoms with Crippen molar-refractivity contribution in [2.24, 2.45) is 11.8 Å². The highest BCUT2D eigenvalue weighted by Crippen LogP contribution is 2.27. The largest absolute Gasteiger partial charge is 0.494 e. The summed E-state index contributed by atoms with van der Waals surface area (Å²) in [5, 5.41) is 3.61. The maximum absolute atomic E-state index is 5.68. The first-order valence-electron chi connectivity index (χ1n) is 8.20. The molecule has 2 rings (SSSR count). The van der Waals surface area contributed by atoms with Crippen LogP contribution in [0.25, 0.3) is 0 Å².